The molecule has 2 aromatic carbocycles. The van der Waals surface area contributed by atoms with Crippen molar-refractivity contribution in [2.24, 2.45) is 5.73 Å². The zero-order valence-electron chi connectivity index (χ0n) is 14.2. The quantitative estimate of drug-likeness (QED) is 0.675. The number of thioether (sulfide) groups is 1. The molecule has 0 aliphatic rings. The van der Waals surface area contributed by atoms with Crippen molar-refractivity contribution in [2.75, 3.05) is 18.9 Å². The SMILES string of the molecule is Cc1ccc(CSCCNC(=O)c2ccc(OCC(N)=O)cc2)cc1. The molecule has 0 heterocycles. The monoisotopic (exact) mass is 358 g/mol. The number of ether oxygens (including phenoxy) is 1. The molecule has 0 aromatic heterocycles. The average Bonchev–Trinajstić information content (AvgIpc) is 2.61. The maximum Gasteiger partial charge on any atom is 0.255 e. The lowest BCUT2D eigenvalue weighted by Gasteiger charge is -2.07. The third kappa shape index (κ3) is 6.89. The van der Waals surface area contributed by atoms with E-state index >= 15 is 0 Å². The Morgan fingerprint density at radius 1 is 1.08 bits per heavy atom. The summed E-state index contributed by atoms with van der Waals surface area (Å²) in [5, 5.41) is 2.89. The van der Waals surface area contributed by atoms with Crippen LogP contribution in [-0.2, 0) is 10.5 Å². The molecule has 0 atom stereocenters. The summed E-state index contributed by atoms with van der Waals surface area (Å²) in [6, 6.07) is 15.1. The molecule has 0 aliphatic carbocycles. The zero-order chi connectivity index (χ0) is 18.1. The highest BCUT2D eigenvalue weighted by Crippen LogP contribution is 2.13. The maximum atomic E-state index is 12.1. The van der Waals surface area contributed by atoms with Gasteiger partial charge in [-0.25, -0.2) is 0 Å². The number of hydrogen-bond acceptors (Lipinski definition) is 4. The van der Waals surface area contributed by atoms with Crippen molar-refractivity contribution in [3.8, 4) is 5.75 Å². The number of carbonyl (C=O) groups is 2. The van der Waals surface area contributed by atoms with Gasteiger partial charge in [-0.2, -0.15) is 11.8 Å². The zero-order valence-corrected chi connectivity index (χ0v) is 15.0. The summed E-state index contributed by atoms with van der Waals surface area (Å²) in [5.41, 5.74) is 8.10. The van der Waals surface area contributed by atoms with Crippen molar-refractivity contribution in [3.63, 3.8) is 0 Å². The van der Waals surface area contributed by atoms with Crippen LogP contribution >= 0.6 is 11.8 Å². The first-order valence-electron chi connectivity index (χ1n) is 7.97. The van der Waals surface area contributed by atoms with Crippen molar-refractivity contribution >= 4 is 23.6 Å². The van der Waals surface area contributed by atoms with Gasteiger partial charge in [0.05, 0.1) is 0 Å². The third-order valence-corrected chi connectivity index (χ3v) is 4.45. The molecule has 0 radical (unpaired) electrons. The second kappa shape index (κ2) is 9.74. The van der Waals surface area contributed by atoms with E-state index in [1.165, 1.54) is 11.1 Å². The van der Waals surface area contributed by atoms with Crippen LogP contribution in [0.5, 0.6) is 5.75 Å². The van der Waals surface area contributed by atoms with Crippen LogP contribution in [0.2, 0.25) is 0 Å². The molecule has 2 aromatic rings. The molecule has 0 saturated heterocycles. The molecular formula is C19H22N2O3S. The summed E-state index contributed by atoms with van der Waals surface area (Å²) >= 11 is 1.78. The van der Waals surface area contributed by atoms with Gasteiger partial charge in [0.25, 0.3) is 11.8 Å². The van der Waals surface area contributed by atoms with Gasteiger partial charge in [0.2, 0.25) is 0 Å². The first-order chi connectivity index (χ1) is 12.0. The van der Waals surface area contributed by atoms with Crippen LogP contribution in [0.15, 0.2) is 48.5 Å². The number of rotatable bonds is 9. The van der Waals surface area contributed by atoms with Crippen molar-refractivity contribution in [3.05, 3.63) is 65.2 Å². The number of nitrogens with two attached hydrogens (primary N) is 1. The van der Waals surface area contributed by atoms with Gasteiger partial charge >= 0.3 is 0 Å². The third-order valence-electron chi connectivity index (χ3n) is 3.42. The van der Waals surface area contributed by atoms with E-state index in [9.17, 15) is 9.59 Å². The molecule has 25 heavy (non-hydrogen) atoms. The Kier molecular flexibility index (Phi) is 7.35. The topological polar surface area (TPSA) is 81.4 Å². The number of carbonyl (C=O) groups excluding carboxylic acids is 2. The van der Waals surface area contributed by atoms with E-state index in [4.69, 9.17) is 10.5 Å². The van der Waals surface area contributed by atoms with E-state index in [0.717, 1.165) is 11.5 Å². The van der Waals surface area contributed by atoms with Gasteiger partial charge in [-0.15, -0.1) is 0 Å². The summed E-state index contributed by atoms with van der Waals surface area (Å²) in [6.45, 7) is 2.50. The van der Waals surface area contributed by atoms with Crippen molar-refractivity contribution in [2.45, 2.75) is 12.7 Å². The van der Waals surface area contributed by atoms with Gasteiger partial charge in [0.15, 0.2) is 6.61 Å². The second-order valence-corrected chi connectivity index (χ2v) is 6.68. The van der Waals surface area contributed by atoms with Gasteiger partial charge in [0.1, 0.15) is 5.75 Å². The van der Waals surface area contributed by atoms with E-state index < -0.39 is 5.91 Å². The first kappa shape index (κ1) is 18.9. The summed E-state index contributed by atoms with van der Waals surface area (Å²) in [5.74, 6) is 1.62. The average molecular weight is 358 g/mol. The lowest BCUT2D eigenvalue weighted by molar-refractivity contribution is -0.119. The molecule has 0 bridgehead atoms. The van der Waals surface area contributed by atoms with Crippen molar-refractivity contribution in [1.29, 1.82) is 0 Å². The van der Waals surface area contributed by atoms with Crippen LogP contribution in [0.1, 0.15) is 21.5 Å². The molecule has 0 unspecified atom stereocenters. The van der Waals surface area contributed by atoms with Crippen molar-refractivity contribution in [1.82, 2.24) is 5.32 Å². The molecular weight excluding hydrogens is 336 g/mol. The molecule has 3 N–H and O–H groups in total. The smallest absolute Gasteiger partial charge is 0.255 e. The van der Waals surface area contributed by atoms with Crippen LogP contribution in [0.25, 0.3) is 0 Å². The standard InChI is InChI=1S/C19H22N2O3S/c1-14-2-4-15(5-3-14)13-25-11-10-21-19(23)16-6-8-17(9-7-16)24-12-18(20)22/h2-9H,10-13H2,1H3,(H2,20,22)(H,21,23). The highest BCUT2D eigenvalue weighted by molar-refractivity contribution is 7.98. The summed E-state index contributed by atoms with van der Waals surface area (Å²) in [4.78, 5) is 22.7. The fraction of sp³-hybridized carbons (Fsp3) is 0.263. The van der Waals surface area contributed by atoms with E-state index in [0.29, 0.717) is 17.9 Å². The molecule has 0 saturated carbocycles. The molecule has 6 heteroatoms. The number of aryl methyl sites for hydroxylation is 1. The number of benzene rings is 2. The Hall–Kier alpha value is -2.47. The predicted octanol–water partition coefficient (Wildman–Crippen LogP) is 2.52. The van der Waals surface area contributed by atoms with Crippen LogP contribution in [0.3, 0.4) is 0 Å². The van der Waals surface area contributed by atoms with Crippen LogP contribution < -0.4 is 15.8 Å². The second-order valence-electron chi connectivity index (χ2n) is 5.57. The van der Waals surface area contributed by atoms with Gasteiger partial charge in [-0.05, 0) is 36.8 Å². The Balaban J connectivity index is 1.67. The fourth-order valence-electron chi connectivity index (χ4n) is 2.07. The number of primary amides is 1. The van der Waals surface area contributed by atoms with E-state index in [1.54, 1.807) is 36.0 Å². The molecule has 0 aliphatic heterocycles. The van der Waals surface area contributed by atoms with Gasteiger partial charge in [-0.3, -0.25) is 9.59 Å². The number of hydrogen-bond donors (Lipinski definition) is 2. The molecule has 132 valence electrons. The molecule has 0 spiro atoms. The number of amides is 2. The van der Waals surface area contributed by atoms with Crippen molar-refractivity contribution < 1.29 is 14.3 Å². The number of nitrogens with one attached hydrogen (secondary N) is 1. The van der Waals surface area contributed by atoms with E-state index in [2.05, 4.69) is 36.5 Å². The Morgan fingerprint density at radius 2 is 1.76 bits per heavy atom. The van der Waals surface area contributed by atoms with Crippen LogP contribution in [0, 0.1) is 6.92 Å². The molecule has 2 rings (SSSR count). The van der Waals surface area contributed by atoms with E-state index in [-0.39, 0.29) is 12.5 Å². The largest absolute Gasteiger partial charge is 0.484 e. The Morgan fingerprint density at radius 3 is 2.40 bits per heavy atom. The lowest BCUT2D eigenvalue weighted by Crippen LogP contribution is -2.25. The minimum Gasteiger partial charge on any atom is -0.484 e. The minimum atomic E-state index is -0.537. The minimum absolute atomic E-state index is 0.127. The molecule has 0 fully saturated rings. The summed E-state index contributed by atoms with van der Waals surface area (Å²) < 4.78 is 5.16. The first-order valence-corrected chi connectivity index (χ1v) is 9.13. The van der Waals surface area contributed by atoms with Gasteiger partial charge in [0, 0.05) is 23.6 Å². The fourth-order valence-corrected chi connectivity index (χ4v) is 2.89. The van der Waals surface area contributed by atoms with Gasteiger partial charge < -0.3 is 15.8 Å². The predicted molar refractivity (Wildman–Crippen MR) is 101 cm³/mol. The highest BCUT2D eigenvalue weighted by atomic mass is 32.2. The Bertz CT molecular complexity index is 700. The molecule has 2 amide bonds. The Labute approximate surface area is 151 Å². The van der Waals surface area contributed by atoms with Crippen LogP contribution in [0.4, 0.5) is 0 Å². The lowest BCUT2D eigenvalue weighted by atomic mass is 10.2. The summed E-state index contributed by atoms with van der Waals surface area (Å²) in [6.07, 6.45) is 0. The van der Waals surface area contributed by atoms with E-state index in [1.807, 2.05) is 0 Å². The maximum absolute atomic E-state index is 12.1. The summed E-state index contributed by atoms with van der Waals surface area (Å²) in [7, 11) is 0. The van der Waals surface area contributed by atoms with Gasteiger partial charge in [-0.1, -0.05) is 29.8 Å². The normalized spacial score (nSPS) is 10.3. The molecule has 5 nitrogen and oxygen atoms in total. The highest BCUT2D eigenvalue weighted by Gasteiger charge is 2.05. The van der Waals surface area contributed by atoms with Crippen LogP contribution in [-0.4, -0.2) is 30.7 Å².